The van der Waals surface area contributed by atoms with Crippen molar-refractivity contribution in [2.24, 2.45) is 51.9 Å². The van der Waals surface area contributed by atoms with Crippen molar-refractivity contribution in [3.63, 3.8) is 0 Å². The van der Waals surface area contributed by atoms with E-state index in [9.17, 15) is 5.26 Å². The van der Waals surface area contributed by atoms with Crippen molar-refractivity contribution in [1.29, 1.82) is 5.26 Å². The summed E-state index contributed by atoms with van der Waals surface area (Å²) in [6, 6.07) is 56.3. The molecule has 0 N–H and O–H groups in total. The van der Waals surface area contributed by atoms with Gasteiger partial charge in [-0.15, -0.1) is 0 Å². The normalized spacial score (nSPS) is 13.0. The predicted octanol–water partition coefficient (Wildman–Crippen LogP) is 25.1. The highest BCUT2D eigenvalue weighted by atomic mass is 16.3. The average molecular weight is 1490 g/mol. The van der Waals surface area contributed by atoms with Gasteiger partial charge in [0.2, 0.25) is 28.5 Å². The van der Waals surface area contributed by atoms with E-state index in [-0.39, 0.29) is 23.7 Å². The maximum absolute atomic E-state index is 9.58. The third-order valence-electron chi connectivity index (χ3n) is 20.9. The first-order valence-electron chi connectivity index (χ1n) is 42.0. The Morgan fingerprint density at radius 1 is 0.348 bits per heavy atom. The van der Waals surface area contributed by atoms with Gasteiger partial charge in [-0.25, -0.2) is 14.5 Å². The number of nitrogens with zero attached hydrogens (tertiary/aromatic N) is 8. The van der Waals surface area contributed by atoms with Gasteiger partial charge in [-0.3, -0.25) is 0 Å². The molecule has 12 nitrogen and oxygen atoms in total. The lowest BCUT2D eigenvalue weighted by Crippen LogP contribution is -2.35. The summed E-state index contributed by atoms with van der Waals surface area (Å²) in [4.78, 5) is 10.7. The number of hydrogen-bond donors (Lipinski definition) is 0. The van der Waals surface area contributed by atoms with Crippen molar-refractivity contribution >= 4 is 105 Å². The molecule has 12 heteroatoms. The summed E-state index contributed by atoms with van der Waals surface area (Å²) in [5.74, 6) is -0.597. The summed E-state index contributed by atoms with van der Waals surface area (Å²) in [7, 11) is 7.97. The third-order valence-corrected chi connectivity index (χ3v) is 20.9. The van der Waals surface area contributed by atoms with Crippen molar-refractivity contribution in [3.05, 3.63) is 277 Å². The Morgan fingerprint density at radius 3 is 1.12 bits per heavy atom. The highest BCUT2D eigenvalue weighted by Gasteiger charge is 2.29. The van der Waals surface area contributed by atoms with Gasteiger partial charge < -0.3 is 17.7 Å². The Morgan fingerprint density at radius 2 is 0.696 bits per heavy atom. The molecule has 8 aromatic heterocycles. The van der Waals surface area contributed by atoms with Gasteiger partial charge in [0.25, 0.3) is 0 Å². The molecule has 0 bridgehead atoms. The molecule has 16 aromatic rings. The van der Waals surface area contributed by atoms with Crippen LogP contribution in [0.1, 0.15) is 139 Å². The van der Waals surface area contributed by atoms with Crippen LogP contribution in [0.3, 0.4) is 0 Å². The number of pyridine rings is 4. The first kappa shape index (κ1) is 67.6. The lowest BCUT2D eigenvalue weighted by Gasteiger charge is -2.11. The van der Waals surface area contributed by atoms with Crippen molar-refractivity contribution < 1.29 is 46.9 Å². The number of nitriles is 1. The van der Waals surface area contributed by atoms with E-state index in [2.05, 4.69) is 63.1 Å². The standard InChI is InChI=1S/4C25H25N2O/c1-15(2)11-18-12-17(4)27(6)22(13-18)24-16(3)7-9-21-20-10-8-19(26-5)14-23(20)28-25(21)24;1-15(2)11-18-12-17(4)27(6)22(13-18)24-16(3)7-9-20-21-14-19(26-5)8-10-23(21)28-25(20)24;1-15(2)12-18-13-17(4)27(6)22(14-18)23-16(3)10-11-20-19-8-7-9-21(26-5)24(19)28-25(20)23;1-15(2)11-18-12-17(4)27(5)21(13-18)23-16(3)9-10-20-24-19(14-26)7-6-8-22(24)28-25(20)23/h2*7-10,12-15H,11H2,1-4,6H3;7-11,13-15H,12H2,1-4,6H3;6-10,12-13,15H,11H2,1-5H3/q4*+1/i2*11D2;12D2;11D2. The molecule has 0 aliphatic carbocycles. The van der Waals surface area contributed by atoms with Gasteiger partial charge in [0.1, 0.15) is 72.9 Å². The summed E-state index contributed by atoms with van der Waals surface area (Å²) in [6.45, 7) is 53.4. The number of aryl methyl sites for hydroxylation is 8. The van der Waals surface area contributed by atoms with Gasteiger partial charge in [-0.2, -0.15) is 23.5 Å². The molecule has 0 aliphatic heterocycles. The molecule has 0 aliphatic rings. The number of aromatic nitrogens is 4. The van der Waals surface area contributed by atoms with Gasteiger partial charge in [-0.05, 0) is 152 Å². The SMILES string of the molecule is [2H]C([2H])(c1cc(C)[n+](C)c(-c2c(C)ccc3c2oc2c([N+]#[C-])cccc23)c1)C(C)C.[2H]C([2H])(c1cc(C)[n+](C)c(-c2c(C)ccc3c2oc2cc([N+]#[C-])ccc23)c1)C(C)C.[2H]C([2H])(c1cc(C)[n+](C)c(-c2c(C)ccc3c2oc2ccc([N+]#[C-])cc23)c1)C(C)C.[2H]C([2H])(c1cc(C)[n+](C)c(-c2c(C)ccc3c2oc2cccc(C#N)c23)c1)C(C)C. The minimum absolute atomic E-state index is 0.146. The molecular formula is C100H100N8O4+4. The van der Waals surface area contributed by atoms with Crippen LogP contribution in [-0.2, 0) is 53.7 Å². The van der Waals surface area contributed by atoms with Crippen LogP contribution in [-0.4, -0.2) is 0 Å². The molecule has 560 valence electrons. The van der Waals surface area contributed by atoms with Gasteiger partial charge in [0.05, 0.1) is 53.6 Å². The number of furan rings is 4. The highest BCUT2D eigenvalue weighted by molar-refractivity contribution is 6.15. The second-order valence-corrected chi connectivity index (χ2v) is 30.6. The van der Waals surface area contributed by atoms with Crippen molar-refractivity contribution in [2.75, 3.05) is 0 Å². The monoisotopic (exact) mass is 1480 g/mol. The average Bonchev–Trinajstić information content (AvgIpc) is 1.56. The van der Waals surface area contributed by atoms with E-state index < -0.39 is 25.5 Å². The molecule has 0 amide bonds. The smallest absolute Gasteiger partial charge is 0.229 e. The van der Waals surface area contributed by atoms with E-state index in [1.165, 1.54) is 0 Å². The van der Waals surface area contributed by atoms with Crippen LogP contribution >= 0.6 is 0 Å². The van der Waals surface area contributed by atoms with Crippen molar-refractivity contribution in [2.45, 2.75) is 136 Å². The fraction of sp³-hybridized carbons (Fsp3) is 0.280. The minimum Gasteiger partial charge on any atom is -0.466 e. The maximum atomic E-state index is 9.58. The molecule has 0 spiro atoms. The van der Waals surface area contributed by atoms with Crippen LogP contribution in [0.15, 0.2) is 188 Å². The van der Waals surface area contributed by atoms with Gasteiger partial charge in [0.15, 0.2) is 34.2 Å². The molecule has 0 radical (unpaired) electrons. The van der Waals surface area contributed by atoms with E-state index in [0.29, 0.717) is 61.6 Å². The minimum atomic E-state index is -1.45. The first-order valence-corrected chi connectivity index (χ1v) is 38.0. The third kappa shape index (κ3) is 15.1. The van der Waals surface area contributed by atoms with Crippen LogP contribution in [0.25, 0.3) is 147 Å². The highest BCUT2D eigenvalue weighted by Crippen LogP contribution is 2.44. The van der Waals surface area contributed by atoms with E-state index in [4.69, 9.17) is 48.4 Å². The molecule has 0 saturated heterocycles. The van der Waals surface area contributed by atoms with Crippen LogP contribution in [0.4, 0.5) is 17.1 Å². The fourth-order valence-corrected chi connectivity index (χ4v) is 15.2. The summed E-state index contributed by atoms with van der Waals surface area (Å²) in [5, 5.41) is 17.1. The molecule has 0 atom stereocenters. The number of fused-ring (bicyclic) bond motifs is 12. The Hall–Kier alpha value is -12.5. The van der Waals surface area contributed by atoms with Crippen LogP contribution in [0.2, 0.25) is 0 Å². The predicted molar refractivity (Wildman–Crippen MR) is 457 cm³/mol. The Bertz CT molecular complexity index is 6860. The van der Waals surface area contributed by atoms with E-state index in [0.717, 1.165) is 161 Å². The Labute approximate surface area is 669 Å². The number of rotatable bonds is 12. The van der Waals surface area contributed by atoms with Crippen LogP contribution in [0, 0.1) is 110 Å². The summed E-state index contributed by atoms with van der Waals surface area (Å²) < 4.78 is 102. The Kier molecular flexibility index (Phi) is 19.2. The van der Waals surface area contributed by atoms with E-state index in [1.54, 1.807) is 24.3 Å². The lowest BCUT2D eigenvalue weighted by molar-refractivity contribution is -0.666. The van der Waals surface area contributed by atoms with Gasteiger partial charge in [0, 0.05) is 130 Å². The largest absolute Gasteiger partial charge is 0.466 e. The maximum Gasteiger partial charge on any atom is 0.229 e. The zero-order valence-electron chi connectivity index (χ0n) is 75.7. The van der Waals surface area contributed by atoms with Crippen LogP contribution in [0.5, 0.6) is 0 Å². The lowest BCUT2D eigenvalue weighted by atomic mass is 9.96. The summed E-state index contributed by atoms with van der Waals surface area (Å²) in [5.41, 5.74) is 26.1. The molecular weight excluding hydrogens is 1380 g/mol. The molecule has 8 aromatic carbocycles. The Balaban J connectivity index is 0.000000138. The molecule has 0 saturated carbocycles. The molecule has 0 fully saturated rings. The van der Waals surface area contributed by atoms with E-state index in [1.807, 2.05) is 260 Å². The molecule has 16 rings (SSSR count). The van der Waals surface area contributed by atoms with Gasteiger partial charge >= 0.3 is 0 Å². The van der Waals surface area contributed by atoms with Crippen molar-refractivity contribution in [3.8, 4) is 51.1 Å². The summed E-state index contributed by atoms with van der Waals surface area (Å²) >= 11 is 0. The number of benzene rings is 8. The molecule has 0 unspecified atom stereocenters. The number of para-hydroxylation sites is 1. The quantitative estimate of drug-likeness (QED) is 0.0895. The first-order chi connectivity index (χ1) is 56.6. The van der Waals surface area contributed by atoms with Crippen LogP contribution < -0.4 is 18.3 Å². The van der Waals surface area contributed by atoms with Gasteiger partial charge in [-0.1, -0.05) is 146 Å². The zero-order chi connectivity index (χ0) is 87.2. The second-order valence-electron chi connectivity index (χ2n) is 30.6. The molecule has 8 heterocycles. The molecule has 112 heavy (non-hydrogen) atoms. The topological polar surface area (TPSA) is 105 Å². The fourth-order valence-electron chi connectivity index (χ4n) is 15.2. The van der Waals surface area contributed by atoms with Crippen molar-refractivity contribution in [1.82, 2.24) is 0 Å². The number of hydrogen-bond acceptors (Lipinski definition) is 5. The summed E-state index contributed by atoms with van der Waals surface area (Å²) in [6.07, 6.45) is -5.76. The van der Waals surface area contributed by atoms with E-state index >= 15 is 0 Å². The second kappa shape index (κ2) is 31.8. The zero-order valence-corrected chi connectivity index (χ0v) is 67.7.